The van der Waals surface area contributed by atoms with Gasteiger partial charge >= 0.3 is 5.97 Å². The lowest BCUT2D eigenvalue weighted by Crippen LogP contribution is -2.30. The SMILES string of the molecule is COc1ccc(NC(=O)[C@H](C)OC(=O)c2ccc(OC)cc2O)cc1. The van der Waals surface area contributed by atoms with E-state index in [0.29, 0.717) is 17.2 Å². The van der Waals surface area contributed by atoms with Gasteiger partial charge in [-0.25, -0.2) is 4.79 Å². The highest BCUT2D eigenvalue weighted by Gasteiger charge is 2.21. The van der Waals surface area contributed by atoms with Gasteiger partial charge in [-0.2, -0.15) is 0 Å². The first-order chi connectivity index (χ1) is 11.9. The quantitative estimate of drug-likeness (QED) is 0.782. The molecule has 0 unspecified atom stereocenters. The molecule has 2 aromatic carbocycles. The Morgan fingerprint density at radius 2 is 1.60 bits per heavy atom. The van der Waals surface area contributed by atoms with E-state index in [1.165, 1.54) is 32.2 Å². The van der Waals surface area contributed by atoms with Gasteiger partial charge in [-0.05, 0) is 43.3 Å². The van der Waals surface area contributed by atoms with Gasteiger partial charge in [0.25, 0.3) is 5.91 Å². The lowest BCUT2D eigenvalue weighted by atomic mass is 10.2. The fraction of sp³-hybridized carbons (Fsp3) is 0.222. The molecular formula is C18H19NO6. The number of ether oxygens (including phenoxy) is 3. The second-order valence-corrected chi connectivity index (χ2v) is 5.15. The molecule has 2 rings (SSSR count). The minimum atomic E-state index is -1.05. The summed E-state index contributed by atoms with van der Waals surface area (Å²) in [6.45, 7) is 1.44. The van der Waals surface area contributed by atoms with Crippen LogP contribution in [-0.4, -0.2) is 37.3 Å². The van der Waals surface area contributed by atoms with Crippen molar-refractivity contribution in [2.24, 2.45) is 0 Å². The molecule has 2 aromatic rings. The number of carbonyl (C=O) groups excluding carboxylic acids is 2. The highest BCUT2D eigenvalue weighted by molar-refractivity contribution is 5.98. The van der Waals surface area contributed by atoms with Crippen molar-refractivity contribution in [3.8, 4) is 17.2 Å². The Morgan fingerprint density at radius 3 is 2.16 bits per heavy atom. The number of aromatic hydroxyl groups is 1. The fourth-order valence-corrected chi connectivity index (χ4v) is 2.01. The zero-order valence-corrected chi connectivity index (χ0v) is 14.1. The number of phenols is 1. The van der Waals surface area contributed by atoms with Crippen molar-refractivity contribution in [1.82, 2.24) is 0 Å². The lowest BCUT2D eigenvalue weighted by molar-refractivity contribution is -0.123. The van der Waals surface area contributed by atoms with E-state index >= 15 is 0 Å². The Morgan fingerprint density at radius 1 is 1.00 bits per heavy atom. The van der Waals surface area contributed by atoms with Crippen LogP contribution >= 0.6 is 0 Å². The standard InChI is InChI=1S/C18H19NO6/c1-11(17(21)19-12-4-6-13(23-2)7-5-12)25-18(22)15-9-8-14(24-3)10-16(15)20/h4-11,20H,1-3H3,(H,19,21)/t11-/m0/s1. The van der Waals surface area contributed by atoms with Crippen LogP contribution in [0.3, 0.4) is 0 Å². The van der Waals surface area contributed by atoms with Crippen LogP contribution in [0.2, 0.25) is 0 Å². The summed E-state index contributed by atoms with van der Waals surface area (Å²) >= 11 is 0. The van der Waals surface area contributed by atoms with Crippen molar-refractivity contribution in [3.05, 3.63) is 48.0 Å². The number of phenolic OH excluding ortho intramolecular Hbond substituents is 1. The van der Waals surface area contributed by atoms with Gasteiger partial charge in [0.2, 0.25) is 0 Å². The number of esters is 1. The summed E-state index contributed by atoms with van der Waals surface area (Å²) in [7, 11) is 2.99. The minimum Gasteiger partial charge on any atom is -0.507 e. The number of hydrogen-bond donors (Lipinski definition) is 2. The molecule has 132 valence electrons. The highest BCUT2D eigenvalue weighted by atomic mass is 16.5. The molecule has 2 N–H and O–H groups in total. The number of hydrogen-bond acceptors (Lipinski definition) is 6. The predicted octanol–water partition coefficient (Wildman–Crippen LogP) is 2.59. The smallest absolute Gasteiger partial charge is 0.342 e. The predicted molar refractivity (Wildman–Crippen MR) is 91.2 cm³/mol. The van der Waals surface area contributed by atoms with Crippen molar-refractivity contribution >= 4 is 17.6 Å². The maximum atomic E-state index is 12.1. The van der Waals surface area contributed by atoms with Gasteiger partial charge in [-0.15, -0.1) is 0 Å². The third-order valence-corrected chi connectivity index (χ3v) is 3.44. The molecule has 0 aliphatic heterocycles. The number of benzene rings is 2. The summed E-state index contributed by atoms with van der Waals surface area (Å²) in [4.78, 5) is 24.2. The van der Waals surface area contributed by atoms with E-state index in [-0.39, 0.29) is 11.3 Å². The molecular weight excluding hydrogens is 326 g/mol. The molecule has 0 aliphatic rings. The largest absolute Gasteiger partial charge is 0.507 e. The number of amides is 1. The van der Waals surface area contributed by atoms with Crippen molar-refractivity contribution in [2.45, 2.75) is 13.0 Å². The molecule has 0 radical (unpaired) electrons. The van der Waals surface area contributed by atoms with Crippen LogP contribution in [0.25, 0.3) is 0 Å². The third-order valence-electron chi connectivity index (χ3n) is 3.44. The highest BCUT2D eigenvalue weighted by Crippen LogP contribution is 2.24. The normalized spacial score (nSPS) is 11.3. The first kappa shape index (κ1) is 18.1. The van der Waals surface area contributed by atoms with Gasteiger partial charge in [-0.3, -0.25) is 4.79 Å². The van der Waals surface area contributed by atoms with Gasteiger partial charge < -0.3 is 24.6 Å². The minimum absolute atomic E-state index is 0.0510. The molecule has 0 fully saturated rings. The second kappa shape index (κ2) is 8.05. The van der Waals surface area contributed by atoms with Gasteiger partial charge in [0.1, 0.15) is 22.8 Å². The molecule has 0 bridgehead atoms. The Bertz CT molecular complexity index is 757. The summed E-state index contributed by atoms with van der Waals surface area (Å²) in [6.07, 6.45) is -1.05. The topological polar surface area (TPSA) is 94.1 Å². The molecule has 7 nitrogen and oxygen atoms in total. The van der Waals surface area contributed by atoms with E-state index in [4.69, 9.17) is 14.2 Å². The van der Waals surface area contributed by atoms with E-state index in [9.17, 15) is 14.7 Å². The maximum absolute atomic E-state index is 12.1. The Kier molecular flexibility index (Phi) is 5.84. The summed E-state index contributed by atoms with van der Waals surface area (Å²) in [5.74, 6) is -0.525. The molecule has 0 heterocycles. The van der Waals surface area contributed by atoms with Crippen LogP contribution in [0, 0.1) is 0 Å². The van der Waals surface area contributed by atoms with Crippen molar-refractivity contribution in [1.29, 1.82) is 0 Å². The summed E-state index contributed by atoms with van der Waals surface area (Å²) in [5.41, 5.74) is 0.492. The Hall–Kier alpha value is -3.22. The van der Waals surface area contributed by atoms with Gasteiger partial charge in [0.15, 0.2) is 6.10 Å². The maximum Gasteiger partial charge on any atom is 0.342 e. The zero-order valence-electron chi connectivity index (χ0n) is 14.1. The summed E-state index contributed by atoms with van der Waals surface area (Å²) < 4.78 is 15.1. The van der Waals surface area contributed by atoms with E-state index in [1.807, 2.05) is 0 Å². The van der Waals surface area contributed by atoms with Crippen LogP contribution in [-0.2, 0) is 9.53 Å². The number of rotatable bonds is 6. The fourth-order valence-electron chi connectivity index (χ4n) is 2.01. The molecule has 7 heteroatoms. The molecule has 1 atom stereocenters. The molecule has 0 aliphatic carbocycles. The zero-order chi connectivity index (χ0) is 18.4. The van der Waals surface area contributed by atoms with E-state index in [0.717, 1.165) is 0 Å². The molecule has 1 amide bonds. The van der Waals surface area contributed by atoms with Crippen LogP contribution in [0.1, 0.15) is 17.3 Å². The van der Waals surface area contributed by atoms with Gasteiger partial charge in [-0.1, -0.05) is 0 Å². The third kappa shape index (κ3) is 4.63. The van der Waals surface area contributed by atoms with Crippen LogP contribution in [0.5, 0.6) is 17.2 Å². The molecule has 0 saturated heterocycles. The van der Waals surface area contributed by atoms with Gasteiger partial charge in [0.05, 0.1) is 14.2 Å². The van der Waals surface area contributed by atoms with Crippen molar-refractivity contribution < 1.29 is 28.9 Å². The summed E-state index contributed by atoms with van der Waals surface area (Å²) in [6, 6.07) is 10.9. The van der Waals surface area contributed by atoms with E-state index in [1.54, 1.807) is 31.4 Å². The number of anilines is 1. The number of nitrogens with one attached hydrogen (secondary N) is 1. The van der Waals surface area contributed by atoms with Crippen LogP contribution in [0.4, 0.5) is 5.69 Å². The second-order valence-electron chi connectivity index (χ2n) is 5.15. The monoisotopic (exact) mass is 345 g/mol. The summed E-state index contributed by atoms with van der Waals surface area (Å²) in [5, 5.41) is 12.5. The van der Waals surface area contributed by atoms with E-state index < -0.39 is 18.0 Å². The molecule has 25 heavy (non-hydrogen) atoms. The molecule has 0 saturated carbocycles. The average Bonchev–Trinajstić information content (AvgIpc) is 2.61. The van der Waals surface area contributed by atoms with Crippen LogP contribution < -0.4 is 14.8 Å². The average molecular weight is 345 g/mol. The van der Waals surface area contributed by atoms with Crippen molar-refractivity contribution in [3.63, 3.8) is 0 Å². The Balaban J connectivity index is 1.98. The van der Waals surface area contributed by atoms with Crippen molar-refractivity contribution in [2.75, 3.05) is 19.5 Å². The first-order valence-corrected chi connectivity index (χ1v) is 7.47. The Labute approximate surface area is 145 Å². The van der Waals surface area contributed by atoms with Gasteiger partial charge in [0, 0.05) is 11.8 Å². The molecule has 0 aromatic heterocycles. The number of carbonyl (C=O) groups is 2. The van der Waals surface area contributed by atoms with Crippen LogP contribution in [0.15, 0.2) is 42.5 Å². The number of methoxy groups -OCH3 is 2. The van der Waals surface area contributed by atoms with E-state index in [2.05, 4.69) is 5.32 Å². The lowest BCUT2D eigenvalue weighted by Gasteiger charge is -2.14. The first-order valence-electron chi connectivity index (χ1n) is 7.47. The molecule has 0 spiro atoms.